The molecule has 1 atom stereocenters. The van der Waals surface area contributed by atoms with Crippen LogP contribution in [-0.4, -0.2) is 49.2 Å². The summed E-state index contributed by atoms with van der Waals surface area (Å²) < 4.78 is 11.1. The Bertz CT molecular complexity index is 235. The number of aliphatic hydroxyl groups excluding tert-OH is 1. The van der Waals surface area contributed by atoms with Gasteiger partial charge in [-0.15, -0.1) is 0 Å². The molecule has 0 amide bonds. The van der Waals surface area contributed by atoms with Crippen molar-refractivity contribution in [2.24, 2.45) is 0 Å². The Morgan fingerprint density at radius 3 is 2.67 bits per heavy atom. The van der Waals surface area contributed by atoms with Crippen molar-refractivity contribution in [2.75, 3.05) is 26.4 Å². The zero-order chi connectivity index (χ0) is 12.8. The van der Waals surface area contributed by atoms with Gasteiger partial charge in [0.25, 0.3) is 0 Å². The van der Waals surface area contributed by atoms with Gasteiger partial charge < -0.3 is 19.9 Å². The van der Waals surface area contributed by atoms with Crippen LogP contribution in [0.25, 0.3) is 0 Å². The summed E-state index contributed by atoms with van der Waals surface area (Å²) in [6.07, 6.45) is 6.90. The van der Waals surface area contributed by atoms with Gasteiger partial charge in [-0.1, -0.05) is 12.8 Å². The van der Waals surface area contributed by atoms with Crippen molar-refractivity contribution in [3.05, 3.63) is 0 Å². The molecule has 0 aromatic rings. The Balaban J connectivity index is 1.59. The predicted molar refractivity (Wildman–Crippen MR) is 70.7 cm³/mol. The van der Waals surface area contributed by atoms with E-state index in [-0.39, 0.29) is 5.54 Å². The molecule has 2 aliphatic rings. The Morgan fingerprint density at radius 1 is 1.33 bits per heavy atom. The molecule has 1 saturated heterocycles. The third kappa shape index (κ3) is 4.50. The molecular formula is C14H27NO3. The van der Waals surface area contributed by atoms with Gasteiger partial charge in [-0.25, -0.2) is 0 Å². The van der Waals surface area contributed by atoms with Gasteiger partial charge in [0.2, 0.25) is 0 Å². The summed E-state index contributed by atoms with van der Waals surface area (Å²) in [4.78, 5) is 0. The van der Waals surface area contributed by atoms with E-state index >= 15 is 0 Å². The van der Waals surface area contributed by atoms with Gasteiger partial charge in [-0.2, -0.15) is 0 Å². The van der Waals surface area contributed by atoms with E-state index in [4.69, 9.17) is 9.47 Å². The van der Waals surface area contributed by atoms with Crippen LogP contribution in [0, 0.1) is 0 Å². The molecule has 4 nitrogen and oxygen atoms in total. The summed E-state index contributed by atoms with van der Waals surface area (Å²) in [5, 5.41) is 13.4. The zero-order valence-electron chi connectivity index (χ0n) is 11.5. The number of rotatable bonds is 6. The van der Waals surface area contributed by atoms with Crippen LogP contribution in [0.15, 0.2) is 0 Å². The molecule has 1 saturated carbocycles. The monoisotopic (exact) mass is 257 g/mol. The van der Waals surface area contributed by atoms with E-state index in [1.807, 2.05) is 0 Å². The lowest BCUT2D eigenvalue weighted by Gasteiger charge is -2.35. The second-order valence-corrected chi connectivity index (χ2v) is 5.95. The van der Waals surface area contributed by atoms with E-state index in [0.29, 0.717) is 19.3 Å². The van der Waals surface area contributed by atoms with Crippen molar-refractivity contribution in [1.29, 1.82) is 0 Å². The van der Waals surface area contributed by atoms with E-state index in [2.05, 4.69) is 12.2 Å². The minimum atomic E-state index is -0.398. The molecule has 0 aromatic heterocycles. The van der Waals surface area contributed by atoms with Crippen LogP contribution in [0.3, 0.4) is 0 Å². The molecule has 2 N–H and O–H groups in total. The lowest BCUT2D eigenvalue weighted by Crippen LogP contribution is -2.50. The fourth-order valence-corrected chi connectivity index (χ4v) is 2.72. The van der Waals surface area contributed by atoms with Crippen molar-refractivity contribution in [3.8, 4) is 0 Å². The first-order valence-electron chi connectivity index (χ1n) is 7.30. The molecule has 0 aromatic carbocycles. The highest BCUT2D eigenvalue weighted by Gasteiger charge is 2.27. The van der Waals surface area contributed by atoms with Crippen LogP contribution in [-0.2, 0) is 9.47 Å². The van der Waals surface area contributed by atoms with E-state index < -0.39 is 6.10 Å². The van der Waals surface area contributed by atoms with Gasteiger partial charge in [0.05, 0.1) is 18.8 Å². The number of nitrogens with one attached hydrogen (secondary N) is 1. The van der Waals surface area contributed by atoms with Gasteiger partial charge in [0.15, 0.2) is 0 Å². The van der Waals surface area contributed by atoms with E-state index in [1.165, 1.54) is 12.8 Å². The van der Waals surface area contributed by atoms with Crippen molar-refractivity contribution >= 4 is 0 Å². The molecule has 2 fully saturated rings. The van der Waals surface area contributed by atoms with E-state index in [9.17, 15) is 5.11 Å². The highest BCUT2D eigenvalue weighted by molar-refractivity contribution is 4.86. The fraction of sp³-hybridized carbons (Fsp3) is 1.00. The Morgan fingerprint density at radius 2 is 2.00 bits per heavy atom. The summed E-state index contributed by atoms with van der Waals surface area (Å²) in [5.41, 5.74) is 0.118. The summed E-state index contributed by atoms with van der Waals surface area (Å²) in [6, 6.07) is 0. The quantitative estimate of drug-likeness (QED) is 0.756. The zero-order valence-corrected chi connectivity index (χ0v) is 11.5. The summed E-state index contributed by atoms with van der Waals surface area (Å²) in [7, 11) is 0. The Kier molecular flexibility index (Phi) is 5.42. The van der Waals surface area contributed by atoms with Crippen molar-refractivity contribution in [3.63, 3.8) is 0 Å². The summed E-state index contributed by atoms with van der Waals surface area (Å²) >= 11 is 0. The minimum Gasteiger partial charge on any atom is -0.389 e. The molecule has 1 unspecified atom stereocenters. The Labute approximate surface area is 110 Å². The van der Waals surface area contributed by atoms with E-state index in [0.717, 1.165) is 38.9 Å². The maximum Gasteiger partial charge on any atom is 0.0898 e. The van der Waals surface area contributed by atoms with Crippen LogP contribution < -0.4 is 5.32 Å². The highest BCUT2D eigenvalue weighted by atomic mass is 16.5. The van der Waals surface area contributed by atoms with Crippen LogP contribution in [0.5, 0.6) is 0 Å². The van der Waals surface area contributed by atoms with E-state index in [1.54, 1.807) is 0 Å². The second kappa shape index (κ2) is 6.85. The maximum absolute atomic E-state index is 9.94. The molecule has 0 spiro atoms. The lowest BCUT2D eigenvalue weighted by molar-refractivity contribution is -0.0129. The molecule has 0 radical (unpaired) electrons. The SMILES string of the molecule is CC1(NCC(O)COC2CCCC2)CCOCC1. The van der Waals surface area contributed by atoms with Crippen LogP contribution in [0.4, 0.5) is 0 Å². The topological polar surface area (TPSA) is 50.7 Å². The minimum absolute atomic E-state index is 0.118. The molecule has 106 valence electrons. The van der Waals surface area contributed by atoms with Gasteiger partial charge in [-0.05, 0) is 32.6 Å². The standard InChI is InChI=1S/C14H27NO3/c1-14(6-8-17-9-7-14)15-10-12(16)11-18-13-4-2-3-5-13/h12-13,15-16H,2-11H2,1H3. The molecule has 1 aliphatic heterocycles. The number of ether oxygens (including phenoxy) is 2. The molecule has 4 heteroatoms. The summed E-state index contributed by atoms with van der Waals surface area (Å²) in [6.45, 7) is 4.92. The largest absolute Gasteiger partial charge is 0.389 e. The first-order valence-corrected chi connectivity index (χ1v) is 7.30. The molecule has 0 bridgehead atoms. The average Bonchev–Trinajstić information content (AvgIpc) is 2.88. The second-order valence-electron chi connectivity index (χ2n) is 5.95. The number of aliphatic hydroxyl groups is 1. The van der Waals surface area contributed by atoms with Crippen LogP contribution in [0.2, 0.25) is 0 Å². The van der Waals surface area contributed by atoms with Gasteiger partial charge in [0.1, 0.15) is 0 Å². The smallest absolute Gasteiger partial charge is 0.0898 e. The number of hydrogen-bond donors (Lipinski definition) is 2. The van der Waals surface area contributed by atoms with Crippen molar-refractivity contribution in [2.45, 2.75) is 63.2 Å². The summed E-state index contributed by atoms with van der Waals surface area (Å²) in [5.74, 6) is 0. The predicted octanol–water partition coefficient (Wildman–Crippen LogP) is 1.47. The first-order chi connectivity index (χ1) is 8.68. The lowest BCUT2D eigenvalue weighted by atomic mass is 9.92. The molecule has 1 aliphatic carbocycles. The average molecular weight is 257 g/mol. The molecule has 1 heterocycles. The van der Waals surface area contributed by atoms with Gasteiger partial charge >= 0.3 is 0 Å². The number of hydrogen-bond acceptors (Lipinski definition) is 4. The van der Waals surface area contributed by atoms with Gasteiger partial charge in [-0.3, -0.25) is 0 Å². The van der Waals surface area contributed by atoms with Crippen molar-refractivity contribution in [1.82, 2.24) is 5.32 Å². The third-order valence-electron chi connectivity index (χ3n) is 4.19. The number of β-amino-alcohol motifs (C(OH)–C–C–N with tert-alkyl or cyclic N) is 1. The fourth-order valence-electron chi connectivity index (χ4n) is 2.72. The molecular weight excluding hydrogens is 230 g/mol. The van der Waals surface area contributed by atoms with Crippen molar-refractivity contribution < 1.29 is 14.6 Å². The third-order valence-corrected chi connectivity index (χ3v) is 4.19. The normalized spacial score (nSPS) is 26.3. The molecule has 18 heavy (non-hydrogen) atoms. The van der Waals surface area contributed by atoms with Gasteiger partial charge in [0, 0.05) is 25.3 Å². The Hall–Kier alpha value is -0.160. The van der Waals surface area contributed by atoms with Crippen LogP contribution >= 0.6 is 0 Å². The first kappa shape index (κ1) is 14.3. The molecule has 2 rings (SSSR count). The van der Waals surface area contributed by atoms with Crippen LogP contribution in [0.1, 0.15) is 45.4 Å². The highest BCUT2D eigenvalue weighted by Crippen LogP contribution is 2.21. The maximum atomic E-state index is 9.94.